The average Bonchev–Trinajstić information content (AvgIpc) is 2.67. The quantitative estimate of drug-likeness (QED) is 0.507. The van der Waals surface area contributed by atoms with E-state index in [4.69, 9.17) is 16.7 Å². The zero-order chi connectivity index (χ0) is 18.5. The highest BCUT2D eigenvalue weighted by atomic mass is 35.5. The van der Waals surface area contributed by atoms with Gasteiger partial charge in [0.2, 0.25) is 0 Å². The highest BCUT2D eigenvalue weighted by Crippen LogP contribution is 2.32. The minimum atomic E-state index is -1.06. The SMILES string of the molecule is C/C(=N/Nc1ccc(Cl)c(C(=O)O)c1)c1ccc(C2CCCCC2)cc1. The van der Waals surface area contributed by atoms with Gasteiger partial charge in [-0.25, -0.2) is 4.79 Å². The van der Waals surface area contributed by atoms with E-state index in [0.29, 0.717) is 11.6 Å². The molecule has 0 heterocycles. The van der Waals surface area contributed by atoms with Gasteiger partial charge in [0.05, 0.1) is 22.0 Å². The number of nitrogens with zero attached hydrogens (tertiary/aromatic N) is 1. The van der Waals surface area contributed by atoms with Gasteiger partial charge in [0, 0.05) is 0 Å². The summed E-state index contributed by atoms with van der Waals surface area (Å²) in [6, 6.07) is 13.4. The lowest BCUT2D eigenvalue weighted by molar-refractivity contribution is 0.0697. The highest BCUT2D eigenvalue weighted by molar-refractivity contribution is 6.33. The first kappa shape index (κ1) is 18.5. The Morgan fingerprint density at radius 3 is 2.46 bits per heavy atom. The fourth-order valence-corrected chi connectivity index (χ4v) is 3.60. The molecule has 136 valence electrons. The molecular weight excluding hydrogens is 348 g/mol. The lowest BCUT2D eigenvalue weighted by atomic mass is 9.84. The molecule has 0 radical (unpaired) electrons. The zero-order valence-electron chi connectivity index (χ0n) is 14.8. The van der Waals surface area contributed by atoms with E-state index in [9.17, 15) is 4.79 Å². The Balaban J connectivity index is 1.69. The molecule has 4 nitrogen and oxygen atoms in total. The van der Waals surface area contributed by atoms with E-state index in [1.54, 1.807) is 12.1 Å². The molecule has 0 aliphatic heterocycles. The lowest BCUT2D eigenvalue weighted by Gasteiger charge is -2.22. The molecule has 0 bridgehead atoms. The van der Waals surface area contributed by atoms with E-state index >= 15 is 0 Å². The number of carboxylic acid groups (broad SMARTS) is 1. The Kier molecular flexibility index (Phi) is 5.94. The Morgan fingerprint density at radius 1 is 1.12 bits per heavy atom. The molecule has 0 unspecified atom stereocenters. The maximum atomic E-state index is 11.1. The van der Waals surface area contributed by atoms with Crippen LogP contribution in [0.5, 0.6) is 0 Å². The van der Waals surface area contributed by atoms with Gasteiger partial charge in [-0.05, 0) is 55.0 Å². The maximum Gasteiger partial charge on any atom is 0.337 e. The van der Waals surface area contributed by atoms with Crippen LogP contribution in [0.4, 0.5) is 5.69 Å². The number of aromatic carboxylic acids is 1. The third-order valence-electron chi connectivity index (χ3n) is 4.95. The summed E-state index contributed by atoms with van der Waals surface area (Å²) in [5.41, 5.74) is 6.85. The Bertz CT molecular complexity index is 809. The van der Waals surface area contributed by atoms with Crippen molar-refractivity contribution in [2.75, 3.05) is 5.43 Å². The molecule has 26 heavy (non-hydrogen) atoms. The van der Waals surface area contributed by atoms with Crippen LogP contribution in [0.1, 0.15) is 66.4 Å². The van der Waals surface area contributed by atoms with Crippen molar-refractivity contribution in [2.45, 2.75) is 44.9 Å². The number of benzene rings is 2. The fraction of sp³-hybridized carbons (Fsp3) is 0.333. The predicted molar refractivity (Wildman–Crippen MR) is 107 cm³/mol. The van der Waals surface area contributed by atoms with E-state index in [2.05, 4.69) is 34.8 Å². The molecule has 1 fully saturated rings. The van der Waals surface area contributed by atoms with Gasteiger partial charge in [0.1, 0.15) is 0 Å². The van der Waals surface area contributed by atoms with Gasteiger partial charge < -0.3 is 5.11 Å². The summed E-state index contributed by atoms with van der Waals surface area (Å²) in [4.78, 5) is 11.1. The number of nitrogens with one attached hydrogen (secondary N) is 1. The molecule has 2 aromatic rings. The first-order valence-electron chi connectivity index (χ1n) is 8.98. The van der Waals surface area contributed by atoms with Crippen LogP contribution in [0, 0.1) is 0 Å². The number of hydrogen-bond acceptors (Lipinski definition) is 3. The molecule has 1 aliphatic carbocycles. The molecule has 0 aromatic heterocycles. The monoisotopic (exact) mass is 370 g/mol. The Hall–Kier alpha value is -2.33. The van der Waals surface area contributed by atoms with E-state index in [1.807, 2.05) is 6.92 Å². The number of halogens is 1. The smallest absolute Gasteiger partial charge is 0.337 e. The Morgan fingerprint density at radius 2 is 1.81 bits per heavy atom. The molecule has 0 spiro atoms. The topological polar surface area (TPSA) is 61.7 Å². The van der Waals surface area contributed by atoms with Crippen LogP contribution < -0.4 is 5.43 Å². The third kappa shape index (κ3) is 4.44. The fourth-order valence-electron chi connectivity index (χ4n) is 3.40. The van der Waals surface area contributed by atoms with Gasteiger partial charge in [-0.1, -0.05) is 55.1 Å². The normalized spacial score (nSPS) is 15.7. The number of rotatable bonds is 5. The standard InChI is InChI=1S/C21H23ClN2O2/c1-14(23-24-18-11-12-20(22)19(13-18)21(25)26)15-7-9-17(10-8-15)16-5-3-2-4-6-16/h7-13,16,24H,2-6H2,1H3,(H,25,26)/b23-14-. The van der Waals surface area contributed by atoms with E-state index in [-0.39, 0.29) is 10.6 Å². The third-order valence-corrected chi connectivity index (χ3v) is 5.28. The second-order valence-electron chi connectivity index (χ2n) is 6.77. The average molecular weight is 371 g/mol. The van der Waals surface area contributed by atoms with Crippen molar-refractivity contribution >= 4 is 29.0 Å². The zero-order valence-corrected chi connectivity index (χ0v) is 15.6. The summed E-state index contributed by atoms with van der Waals surface area (Å²) in [6.45, 7) is 1.93. The van der Waals surface area contributed by atoms with Crippen molar-refractivity contribution in [3.63, 3.8) is 0 Å². The van der Waals surface area contributed by atoms with Gasteiger partial charge >= 0.3 is 5.97 Å². The molecule has 5 heteroatoms. The Labute approximate surface area is 158 Å². The van der Waals surface area contributed by atoms with E-state index in [0.717, 1.165) is 11.3 Å². The van der Waals surface area contributed by atoms with Crippen molar-refractivity contribution in [1.82, 2.24) is 0 Å². The van der Waals surface area contributed by atoms with Crippen LogP contribution in [-0.4, -0.2) is 16.8 Å². The summed E-state index contributed by atoms with van der Waals surface area (Å²) in [6.07, 6.45) is 6.60. The van der Waals surface area contributed by atoms with Gasteiger partial charge in [0.15, 0.2) is 0 Å². The minimum absolute atomic E-state index is 0.0568. The lowest BCUT2D eigenvalue weighted by Crippen LogP contribution is -2.05. The molecule has 0 atom stereocenters. The van der Waals surface area contributed by atoms with Crippen LogP contribution in [0.25, 0.3) is 0 Å². The van der Waals surface area contributed by atoms with Gasteiger partial charge in [-0.15, -0.1) is 0 Å². The molecule has 1 aliphatic rings. The molecule has 3 rings (SSSR count). The molecule has 0 amide bonds. The second-order valence-corrected chi connectivity index (χ2v) is 7.17. The van der Waals surface area contributed by atoms with Crippen molar-refractivity contribution in [1.29, 1.82) is 0 Å². The first-order chi connectivity index (χ1) is 12.5. The maximum absolute atomic E-state index is 11.1. The van der Waals surface area contributed by atoms with Crippen molar-refractivity contribution in [3.8, 4) is 0 Å². The predicted octanol–water partition coefficient (Wildman–Crippen LogP) is 5.92. The first-order valence-corrected chi connectivity index (χ1v) is 9.36. The summed E-state index contributed by atoms with van der Waals surface area (Å²) >= 11 is 5.88. The summed E-state index contributed by atoms with van der Waals surface area (Å²) < 4.78 is 0. The summed E-state index contributed by atoms with van der Waals surface area (Å²) in [7, 11) is 0. The number of hydrazone groups is 1. The number of carboxylic acids is 1. The van der Waals surface area contributed by atoms with E-state index < -0.39 is 5.97 Å². The van der Waals surface area contributed by atoms with E-state index in [1.165, 1.54) is 43.7 Å². The molecule has 2 aromatic carbocycles. The van der Waals surface area contributed by atoms with Gasteiger partial charge in [0.25, 0.3) is 0 Å². The second kappa shape index (κ2) is 8.37. The number of carbonyl (C=O) groups is 1. The molecular formula is C21H23ClN2O2. The van der Waals surface area contributed by atoms with Crippen LogP contribution in [-0.2, 0) is 0 Å². The summed E-state index contributed by atoms with van der Waals surface area (Å²) in [5, 5.41) is 13.7. The highest BCUT2D eigenvalue weighted by Gasteiger charge is 2.15. The summed E-state index contributed by atoms with van der Waals surface area (Å²) in [5.74, 6) is -0.366. The van der Waals surface area contributed by atoms with Gasteiger partial charge in [-0.2, -0.15) is 5.10 Å². The van der Waals surface area contributed by atoms with Crippen LogP contribution >= 0.6 is 11.6 Å². The van der Waals surface area contributed by atoms with Crippen LogP contribution in [0.15, 0.2) is 47.6 Å². The van der Waals surface area contributed by atoms with Crippen LogP contribution in [0.2, 0.25) is 5.02 Å². The number of hydrogen-bond donors (Lipinski definition) is 2. The molecule has 0 saturated heterocycles. The van der Waals surface area contributed by atoms with Crippen molar-refractivity contribution in [2.24, 2.45) is 5.10 Å². The minimum Gasteiger partial charge on any atom is -0.478 e. The largest absolute Gasteiger partial charge is 0.478 e. The van der Waals surface area contributed by atoms with Crippen LogP contribution in [0.3, 0.4) is 0 Å². The van der Waals surface area contributed by atoms with Crippen molar-refractivity contribution < 1.29 is 9.90 Å². The molecule has 1 saturated carbocycles. The number of anilines is 1. The molecule has 2 N–H and O–H groups in total. The van der Waals surface area contributed by atoms with Gasteiger partial charge in [-0.3, -0.25) is 5.43 Å². The van der Waals surface area contributed by atoms with Crippen molar-refractivity contribution in [3.05, 3.63) is 64.2 Å².